The summed E-state index contributed by atoms with van der Waals surface area (Å²) in [6.45, 7) is 0.500. The number of rotatable bonds is 2. The first-order valence-electron chi connectivity index (χ1n) is 4.92. The molecule has 0 aliphatic carbocycles. The number of anilines is 1. The van der Waals surface area contributed by atoms with Crippen LogP contribution in [0.3, 0.4) is 0 Å². The zero-order valence-corrected chi connectivity index (χ0v) is 8.46. The summed E-state index contributed by atoms with van der Waals surface area (Å²) in [5.74, 6) is -0.586. The Kier molecular flexibility index (Phi) is 2.73. The van der Waals surface area contributed by atoms with Crippen molar-refractivity contribution in [2.75, 3.05) is 11.9 Å². The maximum absolute atomic E-state index is 13.3. The van der Waals surface area contributed by atoms with Crippen LogP contribution in [0.5, 0.6) is 0 Å². The van der Waals surface area contributed by atoms with E-state index in [1.165, 1.54) is 12.1 Å². The first kappa shape index (κ1) is 10.4. The smallest absolute Gasteiger partial charge is 0.222 e. The summed E-state index contributed by atoms with van der Waals surface area (Å²) < 4.78 is 13.3. The van der Waals surface area contributed by atoms with Gasteiger partial charge < -0.3 is 10.6 Å². The van der Waals surface area contributed by atoms with Crippen LogP contribution in [-0.4, -0.2) is 18.5 Å². The molecule has 0 bridgehead atoms. The van der Waals surface area contributed by atoms with Gasteiger partial charge in [-0.15, -0.1) is 0 Å². The van der Waals surface area contributed by atoms with Gasteiger partial charge in [0.2, 0.25) is 5.91 Å². The van der Waals surface area contributed by atoms with Crippen LogP contribution in [-0.2, 0) is 4.79 Å². The van der Waals surface area contributed by atoms with Crippen molar-refractivity contribution < 1.29 is 9.18 Å². The highest BCUT2D eigenvalue weighted by Gasteiger charge is 2.22. The van der Waals surface area contributed by atoms with E-state index in [1.54, 1.807) is 12.1 Å². The van der Waals surface area contributed by atoms with Gasteiger partial charge in [0, 0.05) is 13.0 Å². The van der Waals surface area contributed by atoms with Crippen molar-refractivity contribution in [2.45, 2.75) is 12.5 Å². The molecule has 1 unspecified atom stereocenters. The largest absolute Gasteiger partial charge is 0.379 e. The van der Waals surface area contributed by atoms with Crippen LogP contribution in [0.4, 0.5) is 10.1 Å². The van der Waals surface area contributed by atoms with Crippen LogP contribution in [0.15, 0.2) is 18.2 Å². The van der Waals surface area contributed by atoms with E-state index in [0.717, 1.165) is 0 Å². The van der Waals surface area contributed by atoms with Crippen molar-refractivity contribution in [1.29, 1.82) is 5.26 Å². The zero-order chi connectivity index (χ0) is 11.5. The van der Waals surface area contributed by atoms with Crippen LogP contribution < -0.4 is 10.6 Å². The average Bonchev–Trinajstić information content (AvgIpc) is 2.64. The van der Waals surface area contributed by atoms with Gasteiger partial charge in [0.15, 0.2) is 0 Å². The predicted molar refractivity (Wildman–Crippen MR) is 56.2 cm³/mol. The van der Waals surface area contributed by atoms with E-state index in [4.69, 9.17) is 5.26 Å². The van der Waals surface area contributed by atoms with Crippen LogP contribution in [0, 0.1) is 17.1 Å². The van der Waals surface area contributed by atoms with Gasteiger partial charge in [-0.3, -0.25) is 4.79 Å². The molecule has 1 amide bonds. The maximum Gasteiger partial charge on any atom is 0.222 e. The topological polar surface area (TPSA) is 64.9 Å². The number of amides is 1. The quantitative estimate of drug-likeness (QED) is 0.779. The van der Waals surface area contributed by atoms with Crippen molar-refractivity contribution in [2.24, 2.45) is 0 Å². The molecular formula is C11H10FN3O. The van der Waals surface area contributed by atoms with E-state index in [1.807, 2.05) is 0 Å². The second kappa shape index (κ2) is 4.19. The highest BCUT2D eigenvalue weighted by Crippen LogP contribution is 2.19. The van der Waals surface area contributed by atoms with Gasteiger partial charge in [-0.2, -0.15) is 5.26 Å². The molecular weight excluding hydrogens is 209 g/mol. The minimum absolute atomic E-state index is 0.0122. The second-order valence-electron chi connectivity index (χ2n) is 3.62. The Bertz CT molecular complexity index is 467. The standard InChI is InChI=1S/C11H10FN3O/c12-9-2-1-3-10(8(9)5-13)15-7-4-11(16)14-6-7/h1-3,7,15H,4,6H2,(H,14,16). The zero-order valence-electron chi connectivity index (χ0n) is 8.46. The van der Waals surface area contributed by atoms with Crippen molar-refractivity contribution >= 4 is 11.6 Å². The summed E-state index contributed by atoms with van der Waals surface area (Å²) in [5, 5.41) is 14.5. The van der Waals surface area contributed by atoms with E-state index >= 15 is 0 Å². The molecule has 1 saturated heterocycles. The molecule has 16 heavy (non-hydrogen) atoms. The molecule has 1 aliphatic heterocycles. The van der Waals surface area contributed by atoms with E-state index in [2.05, 4.69) is 10.6 Å². The minimum Gasteiger partial charge on any atom is -0.379 e. The molecule has 1 atom stereocenters. The van der Waals surface area contributed by atoms with Gasteiger partial charge in [0.05, 0.1) is 11.7 Å². The average molecular weight is 219 g/mol. The van der Waals surface area contributed by atoms with E-state index in [9.17, 15) is 9.18 Å². The first-order valence-corrected chi connectivity index (χ1v) is 4.92. The summed E-state index contributed by atoms with van der Waals surface area (Å²) >= 11 is 0. The number of benzene rings is 1. The molecule has 1 fully saturated rings. The minimum atomic E-state index is -0.551. The molecule has 1 aliphatic rings. The van der Waals surface area contributed by atoms with Gasteiger partial charge in [-0.1, -0.05) is 6.07 Å². The van der Waals surface area contributed by atoms with Gasteiger partial charge in [-0.25, -0.2) is 4.39 Å². The number of carbonyl (C=O) groups is 1. The molecule has 4 nitrogen and oxygen atoms in total. The number of nitriles is 1. The maximum atomic E-state index is 13.3. The summed E-state index contributed by atoms with van der Waals surface area (Å²) in [4.78, 5) is 11.0. The Morgan fingerprint density at radius 2 is 2.38 bits per heavy atom. The number of nitrogens with zero attached hydrogens (tertiary/aromatic N) is 1. The van der Waals surface area contributed by atoms with Gasteiger partial charge >= 0.3 is 0 Å². The SMILES string of the molecule is N#Cc1c(F)cccc1NC1CNC(=O)C1. The third kappa shape index (κ3) is 1.96. The summed E-state index contributed by atoms with van der Waals surface area (Å²) in [6.07, 6.45) is 0.349. The van der Waals surface area contributed by atoms with Crippen LogP contribution in [0.2, 0.25) is 0 Å². The van der Waals surface area contributed by atoms with Crippen molar-refractivity contribution in [3.05, 3.63) is 29.6 Å². The lowest BCUT2D eigenvalue weighted by Gasteiger charge is -2.13. The molecule has 1 heterocycles. The second-order valence-corrected chi connectivity index (χ2v) is 3.62. The van der Waals surface area contributed by atoms with Crippen molar-refractivity contribution in [3.63, 3.8) is 0 Å². The van der Waals surface area contributed by atoms with E-state index in [-0.39, 0.29) is 17.5 Å². The highest BCUT2D eigenvalue weighted by molar-refractivity contribution is 5.79. The number of carbonyl (C=O) groups excluding carboxylic acids is 1. The fourth-order valence-corrected chi connectivity index (χ4v) is 1.69. The monoisotopic (exact) mass is 219 g/mol. The summed E-state index contributed by atoms with van der Waals surface area (Å²) in [5.41, 5.74) is 0.422. The Morgan fingerprint density at radius 3 is 3.00 bits per heavy atom. The van der Waals surface area contributed by atoms with Crippen molar-refractivity contribution in [3.8, 4) is 6.07 Å². The Morgan fingerprint density at radius 1 is 1.56 bits per heavy atom. The number of hydrogen-bond donors (Lipinski definition) is 2. The fourth-order valence-electron chi connectivity index (χ4n) is 1.69. The molecule has 2 rings (SSSR count). The number of nitrogens with one attached hydrogen (secondary N) is 2. The van der Waals surface area contributed by atoms with Crippen LogP contribution >= 0.6 is 0 Å². The van der Waals surface area contributed by atoms with E-state index < -0.39 is 5.82 Å². The molecule has 0 radical (unpaired) electrons. The Balaban J connectivity index is 2.19. The van der Waals surface area contributed by atoms with Gasteiger partial charge in [0.25, 0.3) is 0 Å². The Hall–Kier alpha value is -2.09. The van der Waals surface area contributed by atoms with Crippen LogP contribution in [0.1, 0.15) is 12.0 Å². The molecule has 1 aromatic rings. The normalized spacial score (nSPS) is 19.0. The Labute approximate surface area is 92.1 Å². The lowest BCUT2D eigenvalue weighted by molar-refractivity contribution is -0.119. The molecule has 2 N–H and O–H groups in total. The summed E-state index contributed by atoms with van der Waals surface area (Å²) in [6, 6.07) is 6.12. The lowest BCUT2D eigenvalue weighted by atomic mass is 10.1. The first-order chi connectivity index (χ1) is 7.70. The fraction of sp³-hybridized carbons (Fsp3) is 0.273. The third-order valence-electron chi connectivity index (χ3n) is 2.46. The van der Waals surface area contributed by atoms with Crippen molar-refractivity contribution in [1.82, 2.24) is 5.32 Å². The molecule has 82 valence electrons. The van der Waals surface area contributed by atoms with Crippen LogP contribution in [0.25, 0.3) is 0 Å². The van der Waals surface area contributed by atoms with Gasteiger partial charge in [0.1, 0.15) is 17.4 Å². The molecule has 5 heteroatoms. The molecule has 0 aromatic heterocycles. The third-order valence-corrected chi connectivity index (χ3v) is 2.46. The highest BCUT2D eigenvalue weighted by atomic mass is 19.1. The lowest BCUT2D eigenvalue weighted by Crippen LogP contribution is -2.22. The molecule has 1 aromatic carbocycles. The predicted octanol–water partition coefficient (Wildman–Crippen LogP) is 0.998. The molecule has 0 spiro atoms. The molecule has 0 saturated carbocycles. The summed E-state index contributed by atoms with van der Waals surface area (Å²) in [7, 11) is 0. The van der Waals surface area contributed by atoms with Gasteiger partial charge in [-0.05, 0) is 12.1 Å². The number of hydrogen-bond acceptors (Lipinski definition) is 3. The van der Waals surface area contributed by atoms with E-state index in [0.29, 0.717) is 18.7 Å². The number of halogens is 1.